The van der Waals surface area contributed by atoms with Crippen LogP contribution in [0.3, 0.4) is 0 Å². The number of rotatable bonds is 4. The van der Waals surface area contributed by atoms with Crippen molar-refractivity contribution in [1.29, 1.82) is 5.26 Å². The van der Waals surface area contributed by atoms with Crippen molar-refractivity contribution in [3.8, 4) is 6.07 Å². The van der Waals surface area contributed by atoms with Crippen LogP contribution in [-0.4, -0.2) is 11.9 Å². The smallest absolute Gasteiger partial charge is 0.241 e. The van der Waals surface area contributed by atoms with Crippen molar-refractivity contribution < 1.29 is 4.79 Å². The van der Waals surface area contributed by atoms with Gasteiger partial charge in [-0.05, 0) is 30.5 Å². The van der Waals surface area contributed by atoms with E-state index in [4.69, 9.17) is 22.6 Å². The molecule has 96 valence electrons. The molecule has 1 rings (SSSR count). The Morgan fingerprint density at radius 1 is 1.56 bits per heavy atom. The molecule has 1 atom stereocenters. The Bertz CT molecular complexity index is 480. The molecule has 0 aliphatic carbocycles. The molecule has 0 bridgehead atoms. The standard InChI is InChI=1S/C13H16ClN3O/c1-8(2)5-12(16)13(18)17-10-4-3-9(7-15)11(14)6-10/h3-4,6,8,12H,5,16H2,1-2H3,(H,17,18). The third kappa shape index (κ3) is 4.02. The highest BCUT2D eigenvalue weighted by Crippen LogP contribution is 2.20. The number of benzene rings is 1. The molecule has 0 fully saturated rings. The second-order valence-corrected chi connectivity index (χ2v) is 4.94. The first-order chi connectivity index (χ1) is 8.43. The van der Waals surface area contributed by atoms with Crippen molar-refractivity contribution in [1.82, 2.24) is 0 Å². The molecule has 0 saturated carbocycles. The normalized spacial score (nSPS) is 12.0. The van der Waals surface area contributed by atoms with E-state index in [1.807, 2.05) is 19.9 Å². The maximum atomic E-state index is 11.8. The van der Waals surface area contributed by atoms with Crippen LogP contribution >= 0.6 is 11.6 Å². The first-order valence-corrected chi connectivity index (χ1v) is 6.08. The molecule has 0 radical (unpaired) electrons. The SMILES string of the molecule is CC(C)CC(N)C(=O)Nc1ccc(C#N)c(Cl)c1. The molecule has 1 aromatic carbocycles. The lowest BCUT2D eigenvalue weighted by Crippen LogP contribution is -2.36. The molecule has 18 heavy (non-hydrogen) atoms. The molecule has 0 aliphatic rings. The first-order valence-electron chi connectivity index (χ1n) is 5.70. The van der Waals surface area contributed by atoms with Crippen LogP contribution in [0.15, 0.2) is 18.2 Å². The van der Waals surface area contributed by atoms with Gasteiger partial charge in [0.15, 0.2) is 0 Å². The van der Waals surface area contributed by atoms with Crippen LogP contribution in [0.4, 0.5) is 5.69 Å². The van der Waals surface area contributed by atoms with Crippen LogP contribution in [0.25, 0.3) is 0 Å². The van der Waals surface area contributed by atoms with Gasteiger partial charge in [-0.25, -0.2) is 0 Å². The quantitative estimate of drug-likeness (QED) is 0.878. The first kappa shape index (κ1) is 14.5. The number of nitriles is 1. The maximum Gasteiger partial charge on any atom is 0.241 e. The molecule has 0 spiro atoms. The lowest BCUT2D eigenvalue weighted by atomic mass is 10.0. The van der Waals surface area contributed by atoms with Crippen molar-refractivity contribution >= 4 is 23.2 Å². The van der Waals surface area contributed by atoms with Gasteiger partial charge in [0, 0.05) is 5.69 Å². The lowest BCUT2D eigenvalue weighted by Gasteiger charge is -2.14. The van der Waals surface area contributed by atoms with Gasteiger partial charge in [0.25, 0.3) is 0 Å². The zero-order valence-corrected chi connectivity index (χ0v) is 11.2. The summed E-state index contributed by atoms with van der Waals surface area (Å²) in [6.07, 6.45) is 0.621. The predicted molar refractivity (Wildman–Crippen MR) is 72.2 cm³/mol. The van der Waals surface area contributed by atoms with Gasteiger partial charge >= 0.3 is 0 Å². The molecule has 1 amide bonds. The topological polar surface area (TPSA) is 78.9 Å². The number of nitrogens with zero attached hydrogens (tertiary/aromatic N) is 1. The minimum absolute atomic E-state index is 0.246. The molecule has 3 N–H and O–H groups in total. The highest BCUT2D eigenvalue weighted by Gasteiger charge is 2.15. The Hall–Kier alpha value is -1.57. The molecule has 0 aromatic heterocycles. The van der Waals surface area contributed by atoms with E-state index in [1.54, 1.807) is 18.2 Å². The molecule has 0 aliphatic heterocycles. The average molecular weight is 266 g/mol. The van der Waals surface area contributed by atoms with Gasteiger partial charge in [-0.3, -0.25) is 4.79 Å². The predicted octanol–water partition coefficient (Wildman–Crippen LogP) is 2.52. The number of carbonyl (C=O) groups excluding carboxylic acids is 1. The number of nitrogens with two attached hydrogens (primary N) is 1. The summed E-state index contributed by atoms with van der Waals surface area (Å²) in [6, 6.07) is 6.15. The number of amides is 1. The average Bonchev–Trinajstić information content (AvgIpc) is 2.28. The zero-order chi connectivity index (χ0) is 13.7. The lowest BCUT2D eigenvalue weighted by molar-refractivity contribution is -0.117. The largest absolute Gasteiger partial charge is 0.325 e. The molecular formula is C13H16ClN3O. The number of anilines is 1. The molecule has 1 unspecified atom stereocenters. The van der Waals surface area contributed by atoms with E-state index >= 15 is 0 Å². The van der Waals surface area contributed by atoms with Crippen LogP contribution in [-0.2, 0) is 4.79 Å². The minimum Gasteiger partial charge on any atom is -0.325 e. The Balaban J connectivity index is 2.71. The fourth-order valence-electron chi connectivity index (χ4n) is 1.53. The highest BCUT2D eigenvalue weighted by atomic mass is 35.5. The van der Waals surface area contributed by atoms with E-state index in [-0.39, 0.29) is 5.91 Å². The van der Waals surface area contributed by atoms with E-state index in [0.29, 0.717) is 28.6 Å². The monoisotopic (exact) mass is 265 g/mol. The Morgan fingerprint density at radius 2 is 2.22 bits per heavy atom. The third-order valence-corrected chi connectivity index (χ3v) is 2.73. The van der Waals surface area contributed by atoms with Crippen LogP contribution in [0.1, 0.15) is 25.8 Å². The van der Waals surface area contributed by atoms with Gasteiger partial charge in [-0.15, -0.1) is 0 Å². The molecular weight excluding hydrogens is 250 g/mol. The van der Waals surface area contributed by atoms with E-state index in [2.05, 4.69) is 5.32 Å². The van der Waals surface area contributed by atoms with Gasteiger partial charge in [-0.1, -0.05) is 25.4 Å². The fourth-order valence-corrected chi connectivity index (χ4v) is 1.76. The molecule has 0 heterocycles. The van der Waals surface area contributed by atoms with Crippen LogP contribution < -0.4 is 11.1 Å². The highest BCUT2D eigenvalue weighted by molar-refractivity contribution is 6.32. The van der Waals surface area contributed by atoms with Crippen molar-refractivity contribution in [2.45, 2.75) is 26.3 Å². The number of hydrogen-bond donors (Lipinski definition) is 2. The maximum absolute atomic E-state index is 11.8. The van der Waals surface area contributed by atoms with E-state index in [9.17, 15) is 4.79 Å². The summed E-state index contributed by atoms with van der Waals surface area (Å²) >= 11 is 5.87. The van der Waals surface area contributed by atoms with Gasteiger partial charge < -0.3 is 11.1 Å². The van der Waals surface area contributed by atoms with Gasteiger partial charge in [0.1, 0.15) is 6.07 Å². The summed E-state index contributed by atoms with van der Waals surface area (Å²) in [5.74, 6) is 0.111. The summed E-state index contributed by atoms with van der Waals surface area (Å²) in [5.41, 5.74) is 6.68. The fraction of sp³-hybridized carbons (Fsp3) is 0.385. The van der Waals surface area contributed by atoms with Crippen molar-refractivity contribution in [2.24, 2.45) is 11.7 Å². The summed E-state index contributed by atoms with van der Waals surface area (Å²) in [6.45, 7) is 4.01. The second kappa shape index (κ2) is 6.39. The summed E-state index contributed by atoms with van der Waals surface area (Å²) < 4.78 is 0. The van der Waals surface area contributed by atoms with E-state index in [1.165, 1.54) is 0 Å². The third-order valence-electron chi connectivity index (χ3n) is 2.42. The summed E-state index contributed by atoms with van der Waals surface area (Å²) in [4.78, 5) is 11.8. The van der Waals surface area contributed by atoms with Crippen LogP contribution in [0.5, 0.6) is 0 Å². The van der Waals surface area contributed by atoms with Crippen molar-refractivity contribution in [3.63, 3.8) is 0 Å². The van der Waals surface area contributed by atoms with Crippen LogP contribution in [0.2, 0.25) is 5.02 Å². The molecule has 1 aromatic rings. The van der Waals surface area contributed by atoms with E-state index in [0.717, 1.165) is 0 Å². The number of hydrogen-bond acceptors (Lipinski definition) is 3. The Labute approximate surface area is 112 Å². The van der Waals surface area contributed by atoms with Crippen molar-refractivity contribution in [2.75, 3.05) is 5.32 Å². The number of halogens is 1. The van der Waals surface area contributed by atoms with Crippen LogP contribution in [0, 0.1) is 17.2 Å². The second-order valence-electron chi connectivity index (χ2n) is 4.53. The molecule has 4 nitrogen and oxygen atoms in total. The summed E-state index contributed by atoms with van der Waals surface area (Å²) in [5, 5.41) is 11.7. The van der Waals surface area contributed by atoms with Crippen molar-refractivity contribution in [3.05, 3.63) is 28.8 Å². The van der Waals surface area contributed by atoms with Gasteiger partial charge in [0.05, 0.1) is 16.6 Å². The van der Waals surface area contributed by atoms with Gasteiger partial charge in [-0.2, -0.15) is 5.26 Å². The summed E-state index contributed by atoms with van der Waals surface area (Å²) in [7, 11) is 0. The van der Waals surface area contributed by atoms with Gasteiger partial charge in [0.2, 0.25) is 5.91 Å². The van der Waals surface area contributed by atoms with E-state index < -0.39 is 6.04 Å². The molecule has 0 saturated heterocycles. The minimum atomic E-state index is -0.542. The Morgan fingerprint density at radius 3 is 2.72 bits per heavy atom. The molecule has 5 heteroatoms. The number of nitrogens with one attached hydrogen (secondary N) is 1. The zero-order valence-electron chi connectivity index (χ0n) is 10.4. The Kier molecular flexibility index (Phi) is 5.14. The number of carbonyl (C=O) groups is 1.